The summed E-state index contributed by atoms with van der Waals surface area (Å²) in [6.07, 6.45) is 8.81. The summed E-state index contributed by atoms with van der Waals surface area (Å²) in [6.45, 7) is 16.7. The molecule has 4 nitrogen and oxygen atoms in total. The van der Waals surface area contributed by atoms with E-state index in [1.807, 2.05) is 0 Å². The van der Waals surface area contributed by atoms with Crippen LogP contribution in [0.2, 0.25) is 0 Å². The van der Waals surface area contributed by atoms with Gasteiger partial charge in [-0.25, -0.2) is 0 Å². The summed E-state index contributed by atoms with van der Waals surface area (Å²) in [5, 5.41) is 22.7. The number of aliphatic hydroxyl groups excluding tert-OH is 2. The van der Waals surface area contributed by atoms with Gasteiger partial charge in [-0.15, -0.1) is 0 Å². The third-order valence-electron chi connectivity index (χ3n) is 14.0. The lowest BCUT2D eigenvalue weighted by atomic mass is 9.30. The topological polar surface area (TPSA) is 66.8 Å². The second-order valence-electron chi connectivity index (χ2n) is 15.8. The molecule has 2 bridgehead atoms. The Balaban J connectivity index is 1.48. The molecule has 6 aliphatic rings. The van der Waals surface area contributed by atoms with Crippen LogP contribution in [0, 0.1) is 50.2 Å². The van der Waals surface area contributed by atoms with E-state index in [1.165, 1.54) is 0 Å². The molecule has 1 saturated heterocycles. The Kier molecular flexibility index (Phi) is 4.50. The number of ether oxygens (including phenoxy) is 1. The molecule has 1 spiro atoms. The average Bonchev–Trinajstić information content (AvgIpc) is 2.93. The third kappa shape index (κ3) is 2.34. The molecule has 0 aromatic carbocycles. The van der Waals surface area contributed by atoms with Gasteiger partial charge < -0.3 is 14.9 Å². The predicted molar refractivity (Wildman–Crippen MR) is 132 cm³/mol. The van der Waals surface area contributed by atoms with E-state index >= 15 is 0 Å². The van der Waals surface area contributed by atoms with Crippen LogP contribution in [0.3, 0.4) is 0 Å². The van der Waals surface area contributed by atoms with Gasteiger partial charge in [0.1, 0.15) is 11.0 Å². The van der Waals surface area contributed by atoms with Gasteiger partial charge in [-0.2, -0.15) is 0 Å². The fraction of sp³-hybridized carbons (Fsp3) is 0.967. The molecule has 192 valence electrons. The highest BCUT2D eigenvalue weighted by Crippen LogP contribution is 2.80. The Morgan fingerprint density at radius 2 is 1.41 bits per heavy atom. The van der Waals surface area contributed by atoms with Crippen molar-refractivity contribution in [3.8, 4) is 0 Å². The number of hydrogen-bond acceptors (Lipinski definition) is 4. The standard InChI is InChI=1S/C30H48O4/c1-24(2)14-15-29-20(16-24)30(34-23(29)33)13-9-19-26(5)11-10-21(31)25(3,4)18(26)8-12-27(19,6)28(30,7)17-22(29)32/h18-22,31-32H,8-17H2,1-7H3/t18-,19+,20+,21-,22+,26-,27+,28-,29+,30-/m0/s1. The minimum atomic E-state index is -0.684. The van der Waals surface area contributed by atoms with Gasteiger partial charge in [0.2, 0.25) is 0 Å². The van der Waals surface area contributed by atoms with E-state index in [-0.39, 0.29) is 45.1 Å². The number of hydrogen-bond donors (Lipinski definition) is 2. The van der Waals surface area contributed by atoms with Crippen LogP contribution >= 0.6 is 0 Å². The van der Waals surface area contributed by atoms with Crippen LogP contribution in [0.15, 0.2) is 0 Å². The fourth-order valence-corrected chi connectivity index (χ4v) is 11.9. The van der Waals surface area contributed by atoms with E-state index in [9.17, 15) is 15.0 Å². The van der Waals surface area contributed by atoms with Crippen molar-refractivity contribution in [2.75, 3.05) is 0 Å². The molecule has 2 N–H and O–H groups in total. The van der Waals surface area contributed by atoms with Crippen molar-refractivity contribution in [2.24, 2.45) is 50.2 Å². The molecule has 4 heteroatoms. The SMILES string of the molecule is CC1(C)CC[C@]23C(=O)O[C@@]4(CC[C@@H]5[C@@]6(C)CC[C@H](O)C(C)(C)[C@@H]6CC[C@@]5(C)[C@]4(C)C[C@H]2O)[C@@H]3C1. The fourth-order valence-electron chi connectivity index (χ4n) is 11.9. The Hall–Kier alpha value is -0.610. The van der Waals surface area contributed by atoms with Gasteiger partial charge in [0.15, 0.2) is 0 Å². The molecule has 0 unspecified atom stereocenters. The van der Waals surface area contributed by atoms with Crippen molar-refractivity contribution in [3.63, 3.8) is 0 Å². The van der Waals surface area contributed by atoms with E-state index in [4.69, 9.17) is 4.74 Å². The van der Waals surface area contributed by atoms with E-state index in [0.717, 1.165) is 57.8 Å². The second-order valence-corrected chi connectivity index (χ2v) is 15.8. The van der Waals surface area contributed by atoms with Crippen molar-refractivity contribution in [3.05, 3.63) is 0 Å². The lowest BCUT2D eigenvalue weighted by Crippen LogP contribution is -2.73. The maximum absolute atomic E-state index is 13.7. The largest absolute Gasteiger partial charge is 0.458 e. The summed E-state index contributed by atoms with van der Waals surface area (Å²) < 4.78 is 6.68. The first-order valence-electron chi connectivity index (χ1n) is 14.2. The first-order chi connectivity index (χ1) is 15.6. The van der Waals surface area contributed by atoms with Gasteiger partial charge in [-0.05, 0) is 97.7 Å². The van der Waals surface area contributed by atoms with Crippen LogP contribution in [0.1, 0.15) is 113 Å². The van der Waals surface area contributed by atoms with E-state index < -0.39 is 17.1 Å². The molecule has 0 aromatic rings. The molecule has 0 aromatic heterocycles. The highest BCUT2D eigenvalue weighted by atomic mass is 16.6. The minimum absolute atomic E-state index is 0.00816. The molecule has 6 rings (SSSR count). The smallest absolute Gasteiger partial charge is 0.315 e. The average molecular weight is 473 g/mol. The van der Waals surface area contributed by atoms with Crippen molar-refractivity contribution in [2.45, 2.75) is 130 Å². The number of esters is 1. The lowest BCUT2D eigenvalue weighted by Gasteiger charge is -2.74. The molecule has 5 saturated carbocycles. The van der Waals surface area contributed by atoms with Crippen LogP contribution in [0.5, 0.6) is 0 Å². The van der Waals surface area contributed by atoms with Gasteiger partial charge in [0.25, 0.3) is 0 Å². The zero-order valence-electron chi connectivity index (χ0n) is 22.7. The van der Waals surface area contributed by atoms with Crippen molar-refractivity contribution in [1.82, 2.24) is 0 Å². The monoisotopic (exact) mass is 472 g/mol. The molecule has 34 heavy (non-hydrogen) atoms. The Morgan fingerprint density at radius 1 is 0.735 bits per heavy atom. The quantitative estimate of drug-likeness (QED) is 0.432. The molecule has 10 atom stereocenters. The molecule has 1 aliphatic heterocycles. The predicted octanol–water partition coefficient (Wildman–Crippen LogP) is 5.88. The van der Waals surface area contributed by atoms with Gasteiger partial charge in [0, 0.05) is 11.3 Å². The van der Waals surface area contributed by atoms with Crippen LogP contribution in [-0.4, -0.2) is 34.0 Å². The normalized spacial score (nSPS) is 59.2. The van der Waals surface area contributed by atoms with Crippen LogP contribution < -0.4 is 0 Å². The summed E-state index contributed by atoms with van der Waals surface area (Å²) in [7, 11) is 0. The summed E-state index contributed by atoms with van der Waals surface area (Å²) in [5.74, 6) is 1.06. The molecule has 0 amide bonds. The van der Waals surface area contributed by atoms with Gasteiger partial charge in [0.05, 0.1) is 12.2 Å². The first-order valence-corrected chi connectivity index (χ1v) is 14.2. The highest BCUT2D eigenvalue weighted by molar-refractivity contribution is 5.82. The molecule has 0 radical (unpaired) electrons. The zero-order valence-corrected chi connectivity index (χ0v) is 22.7. The first kappa shape index (κ1) is 23.8. The van der Waals surface area contributed by atoms with Gasteiger partial charge in [-0.3, -0.25) is 4.79 Å². The lowest BCUT2D eigenvalue weighted by molar-refractivity contribution is -0.297. The Morgan fingerprint density at radius 3 is 2.12 bits per heavy atom. The maximum Gasteiger partial charge on any atom is 0.315 e. The van der Waals surface area contributed by atoms with Gasteiger partial charge in [-0.1, -0.05) is 48.5 Å². The number of carbonyl (C=O) groups is 1. The molecule has 6 fully saturated rings. The van der Waals surface area contributed by atoms with E-state index in [0.29, 0.717) is 18.3 Å². The number of rotatable bonds is 0. The summed E-state index contributed by atoms with van der Waals surface area (Å²) in [4.78, 5) is 13.7. The second kappa shape index (κ2) is 6.44. The number of fused-ring (bicyclic) bond motifs is 4. The molecule has 5 aliphatic carbocycles. The van der Waals surface area contributed by atoms with Crippen molar-refractivity contribution >= 4 is 5.97 Å². The Bertz CT molecular complexity index is 925. The Labute approximate surface area is 206 Å². The minimum Gasteiger partial charge on any atom is -0.458 e. The van der Waals surface area contributed by atoms with E-state index in [2.05, 4.69) is 48.5 Å². The summed E-state index contributed by atoms with van der Waals surface area (Å²) in [5.41, 5.74) is -1.07. The molecular formula is C30H48O4. The highest BCUT2D eigenvalue weighted by Gasteiger charge is 2.83. The molecular weight excluding hydrogens is 424 g/mol. The third-order valence-corrected chi connectivity index (χ3v) is 14.0. The van der Waals surface area contributed by atoms with E-state index in [1.54, 1.807) is 0 Å². The zero-order chi connectivity index (χ0) is 24.7. The van der Waals surface area contributed by atoms with Crippen LogP contribution in [-0.2, 0) is 9.53 Å². The van der Waals surface area contributed by atoms with Crippen LogP contribution in [0.4, 0.5) is 0 Å². The number of carbonyl (C=O) groups excluding carboxylic acids is 1. The number of aliphatic hydroxyl groups is 2. The van der Waals surface area contributed by atoms with Crippen molar-refractivity contribution in [1.29, 1.82) is 0 Å². The molecule has 1 heterocycles. The van der Waals surface area contributed by atoms with Crippen LogP contribution in [0.25, 0.3) is 0 Å². The summed E-state index contributed by atoms with van der Waals surface area (Å²) in [6, 6.07) is 0. The summed E-state index contributed by atoms with van der Waals surface area (Å²) >= 11 is 0. The van der Waals surface area contributed by atoms with Crippen molar-refractivity contribution < 1.29 is 19.7 Å². The maximum atomic E-state index is 13.7. The van der Waals surface area contributed by atoms with Gasteiger partial charge >= 0.3 is 5.97 Å².